The summed E-state index contributed by atoms with van der Waals surface area (Å²) in [6.07, 6.45) is 2.57. The first-order chi connectivity index (χ1) is 9.76. The number of benzene rings is 2. The predicted molar refractivity (Wildman–Crippen MR) is 81.6 cm³/mol. The van der Waals surface area contributed by atoms with Gasteiger partial charge in [-0.1, -0.05) is 42.0 Å². The van der Waals surface area contributed by atoms with E-state index in [1.165, 1.54) is 24.0 Å². The normalized spacial score (nSPS) is 15.4. The molecule has 0 bridgehead atoms. The monoisotopic (exact) mass is 262 g/mol. The standard InChI is InChI=1S/C18H18N2/c1-13-5-9-17(10-6-13)20-18(12-19)16-4-2-3-15(11-16)14-7-8-14/h2-6,9-11,14,18,20H,7-8H2,1H3. The average molecular weight is 262 g/mol. The Labute approximate surface area is 120 Å². The van der Waals surface area contributed by atoms with Crippen LogP contribution in [0.3, 0.4) is 0 Å². The molecule has 0 aromatic heterocycles. The Hall–Kier alpha value is -2.27. The highest BCUT2D eigenvalue weighted by molar-refractivity contribution is 5.49. The number of rotatable bonds is 4. The summed E-state index contributed by atoms with van der Waals surface area (Å²) in [6, 6.07) is 18.6. The zero-order valence-electron chi connectivity index (χ0n) is 11.6. The highest BCUT2D eigenvalue weighted by atomic mass is 14.9. The summed E-state index contributed by atoms with van der Waals surface area (Å²) in [6.45, 7) is 2.06. The summed E-state index contributed by atoms with van der Waals surface area (Å²) < 4.78 is 0. The number of hydrogen-bond acceptors (Lipinski definition) is 2. The number of hydrogen-bond donors (Lipinski definition) is 1. The summed E-state index contributed by atoms with van der Waals surface area (Å²) in [7, 11) is 0. The maximum atomic E-state index is 9.43. The Kier molecular flexibility index (Phi) is 3.43. The van der Waals surface area contributed by atoms with E-state index in [2.05, 4.69) is 48.6 Å². The van der Waals surface area contributed by atoms with Crippen LogP contribution in [0.2, 0.25) is 0 Å². The average Bonchev–Trinajstić information content (AvgIpc) is 3.31. The van der Waals surface area contributed by atoms with E-state index in [1.54, 1.807) is 0 Å². The zero-order valence-corrected chi connectivity index (χ0v) is 11.6. The molecular formula is C18H18N2. The summed E-state index contributed by atoms with van der Waals surface area (Å²) in [5, 5.41) is 12.7. The highest BCUT2D eigenvalue weighted by Crippen LogP contribution is 2.40. The second-order valence-electron chi connectivity index (χ2n) is 5.52. The SMILES string of the molecule is Cc1ccc(NC(C#N)c2cccc(C3CC3)c2)cc1. The molecule has 0 aliphatic heterocycles. The third kappa shape index (κ3) is 2.83. The van der Waals surface area contributed by atoms with Gasteiger partial charge in [-0.3, -0.25) is 0 Å². The fourth-order valence-electron chi connectivity index (χ4n) is 2.42. The van der Waals surface area contributed by atoms with Crippen LogP contribution in [0.25, 0.3) is 0 Å². The molecule has 20 heavy (non-hydrogen) atoms. The Morgan fingerprint density at radius 3 is 2.55 bits per heavy atom. The molecule has 1 saturated carbocycles. The Morgan fingerprint density at radius 1 is 1.15 bits per heavy atom. The minimum atomic E-state index is -0.295. The molecule has 1 aliphatic carbocycles. The van der Waals surface area contributed by atoms with Gasteiger partial charge in [0.1, 0.15) is 6.04 Å². The Balaban J connectivity index is 1.80. The quantitative estimate of drug-likeness (QED) is 0.877. The molecule has 1 aliphatic rings. The van der Waals surface area contributed by atoms with Crippen LogP contribution in [0.4, 0.5) is 5.69 Å². The number of nitriles is 1. The van der Waals surface area contributed by atoms with E-state index in [0.717, 1.165) is 11.3 Å². The summed E-state index contributed by atoms with van der Waals surface area (Å²) in [5.74, 6) is 0.716. The van der Waals surface area contributed by atoms with Crippen LogP contribution in [0.1, 0.15) is 41.5 Å². The van der Waals surface area contributed by atoms with Gasteiger partial charge in [0.25, 0.3) is 0 Å². The molecule has 1 fully saturated rings. The molecule has 2 aromatic carbocycles. The van der Waals surface area contributed by atoms with Crippen LogP contribution in [-0.2, 0) is 0 Å². The third-order valence-electron chi connectivity index (χ3n) is 3.78. The lowest BCUT2D eigenvalue weighted by molar-refractivity contribution is 0.984. The van der Waals surface area contributed by atoms with Gasteiger partial charge in [0.15, 0.2) is 0 Å². The number of nitrogens with zero attached hydrogens (tertiary/aromatic N) is 1. The fourth-order valence-corrected chi connectivity index (χ4v) is 2.42. The zero-order chi connectivity index (χ0) is 13.9. The van der Waals surface area contributed by atoms with E-state index in [0.29, 0.717) is 5.92 Å². The molecule has 0 spiro atoms. The second-order valence-corrected chi connectivity index (χ2v) is 5.52. The molecule has 0 heterocycles. The van der Waals surface area contributed by atoms with Crippen LogP contribution >= 0.6 is 0 Å². The lowest BCUT2D eigenvalue weighted by atomic mass is 10.0. The first-order valence-electron chi connectivity index (χ1n) is 7.09. The van der Waals surface area contributed by atoms with Crippen molar-refractivity contribution >= 4 is 5.69 Å². The van der Waals surface area contributed by atoms with Gasteiger partial charge >= 0.3 is 0 Å². The molecule has 0 saturated heterocycles. The van der Waals surface area contributed by atoms with Crippen LogP contribution in [0.15, 0.2) is 48.5 Å². The number of anilines is 1. The van der Waals surface area contributed by atoms with Crippen molar-refractivity contribution in [3.8, 4) is 6.07 Å². The molecular weight excluding hydrogens is 244 g/mol. The molecule has 1 N–H and O–H groups in total. The van der Waals surface area contributed by atoms with Crippen LogP contribution in [0, 0.1) is 18.3 Å². The van der Waals surface area contributed by atoms with E-state index in [9.17, 15) is 5.26 Å². The summed E-state index contributed by atoms with van der Waals surface area (Å²) in [5.41, 5.74) is 4.63. The van der Waals surface area contributed by atoms with Crippen LogP contribution in [0.5, 0.6) is 0 Å². The van der Waals surface area contributed by atoms with Gasteiger partial charge in [-0.15, -0.1) is 0 Å². The van der Waals surface area contributed by atoms with Crippen molar-refractivity contribution in [1.29, 1.82) is 5.26 Å². The van der Waals surface area contributed by atoms with Gasteiger partial charge in [0.2, 0.25) is 0 Å². The van der Waals surface area contributed by atoms with Crippen molar-refractivity contribution in [2.75, 3.05) is 5.32 Å². The molecule has 100 valence electrons. The Bertz CT molecular complexity index is 633. The first-order valence-corrected chi connectivity index (χ1v) is 7.09. The first kappa shape index (κ1) is 12.7. The molecule has 1 atom stereocenters. The third-order valence-corrected chi connectivity index (χ3v) is 3.78. The Morgan fingerprint density at radius 2 is 1.90 bits per heavy atom. The van der Waals surface area contributed by atoms with Crippen molar-refractivity contribution in [1.82, 2.24) is 0 Å². The van der Waals surface area contributed by atoms with Gasteiger partial charge in [-0.05, 0) is 48.9 Å². The summed E-state index contributed by atoms with van der Waals surface area (Å²) in [4.78, 5) is 0. The minimum Gasteiger partial charge on any atom is -0.366 e. The molecule has 0 radical (unpaired) electrons. The van der Waals surface area contributed by atoms with Crippen molar-refractivity contribution < 1.29 is 0 Å². The van der Waals surface area contributed by atoms with Gasteiger partial charge < -0.3 is 5.32 Å². The van der Waals surface area contributed by atoms with Crippen molar-refractivity contribution in [3.63, 3.8) is 0 Å². The fraction of sp³-hybridized carbons (Fsp3) is 0.278. The van der Waals surface area contributed by atoms with Gasteiger partial charge in [0.05, 0.1) is 6.07 Å². The largest absolute Gasteiger partial charge is 0.366 e. The summed E-state index contributed by atoms with van der Waals surface area (Å²) >= 11 is 0. The lowest BCUT2D eigenvalue weighted by Crippen LogP contribution is -2.08. The lowest BCUT2D eigenvalue weighted by Gasteiger charge is -2.14. The van der Waals surface area contributed by atoms with E-state index in [4.69, 9.17) is 0 Å². The molecule has 0 amide bonds. The van der Waals surface area contributed by atoms with Crippen LogP contribution in [-0.4, -0.2) is 0 Å². The molecule has 2 heteroatoms. The molecule has 2 nitrogen and oxygen atoms in total. The van der Waals surface area contributed by atoms with Gasteiger partial charge in [-0.2, -0.15) is 5.26 Å². The highest BCUT2D eigenvalue weighted by Gasteiger charge is 2.24. The maximum absolute atomic E-state index is 9.43. The maximum Gasteiger partial charge on any atom is 0.140 e. The van der Waals surface area contributed by atoms with Crippen molar-refractivity contribution in [3.05, 3.63) is 65.2 Å². The van der Waals surface area contributed by atoms with Gasteiger partial charge in [0, 0.05) is 5.69 Å². The number of aryl methyl sites for hydroxylation is 1. The number of nitrogens with one attached hydrogen (secondary N) is 1. The van der Waals surface area contributed by atoms with E-state index in [1.807, 2.05) is 18.2 Å². The smallest absolute Gasteiger partial charge is 0.140 e. The predicted octanol–water partition coefficient (Wildman–Crippen LogP) is 4.55. The van der Waals surface area contributed by atoms with Crippen LogP contribution < -0.4 is 5.32 Å². The molecule has 3 rings (SSSR count). The van der Waals surface area contributed by atoms with Crippen molar-refractivity contribution in [2.45, 2.75) is 31.7 Å². The minimum absolute atomic E-state index is 0.295. The second kappa shape index (κ2) is 5.38. The molecule has 1 unspecified atom stereocenters. The molecule has 2 aromatic rings. The van der Waals surface area contributed by atoms with Gasteiger partial charge in [-0.25, -0.2) is 0 Å². The van der Waals surface area contributed by atoms with E-state index < -0.39 is 0 Å². The van der Waals surface area contributed by atoms with E-state index in [-0.39, 0.29) is 6.04 Å². The topological polar surface area (TPSA) is 35.8 Å². The van der Waals surface area contributed by atoms with Crippen molar-refractivity contribution in [2.24, 2.45) is 0 Å². The van der Waals surface area contributed by atoms with E-state index >= 15 is 0 Å².